The molecule has 0 saturated carbocycles. The highest BCUT2D eigenvalue weighted by molar-refractivity contribution is 5.57. The lowest BCUT2D eigenvalue weighted by Crippen LogP contribution is -2.08. The molecule has 6 heteroatoms. The van der Waals surface area contributed by atoms with E-state index in [2.05, 4.69) is 15.4 Å². The maximum absolute atomic E-state index is 12.0. The molecule has 1 N–H and O–H groups in total. The molecule has 0 fully saturated rings. The van der Waals surface area contributed by atoms with Crippen molar-refractivity contribution in [2.75, 3.05) is 18.5 Å². The third-order valence-corrected chi connectivity index (χ3v) is 1.92. The monoisotopic (exact) mass is 205 g/mol. The van der Waals surface area contributed by atoms with Gasteiger partial charge in [-0.1, -0.05) is 0 Å². The topological polar surface area (TPSA) is 66.0 Å². The summed E-state index contributed by atoms with van der Waals surface area (Å²) in [5, 5.41) is 15.6. The molecule has 2 aromatic heterocycles. The predicted octanol–water partition coefficient (Wildman–Crippen LogP) is 0.982. The van der Waals surface area contributed by atoms with Crippen molar-refractivity contribution in [1.82, 2.24) is 14.6 Å². The number of hydrogen-bond acceptors (Lipinski definition) is 4. The van der Waals surface area contributed by atoms with Crippen LogP contribution in [0, 0.1) is 11.3 Å². The summed E-state index contributed by atoms with van der Waals surface area (Å²) in [4.78, 5) is 4.02. The molecule has 5 nitrogen and oxygen atoms in total. The van der Waals surface area contributed by atoms with E-state index in [1.165, 1.54) is 10.7 Å². The third-order valence-electron chi connectivity index (χ3n) is 1.92. The summed E-state index contributed by atoms with van der Waals surface area (Å²) < 4.78 is 13.5. The Balaban J connectivity index is 2.48. The smallest absolute Gasteiger partial charge is 0.175 e. The molecule has 0 radical (unpaired) electrons. The van der Waals surface area contributed by atoms with Crippen LogP contribution in [0.1, 0.15) is 5.56 Å². The summed E-state index contributed by atoms with van der Waals surface area (Å²) in [5.74, 6) is 0.624. The van der Waals surface area contributed by atoms with Gasteiger partial charge in [0.15, 0.2) is 5.65 Å². The number of nitrogens with zero attached hydrogens (tertiary/aromatic N) is 4. The minimum absolute atomic E-state index is 0.209. The van der Waals surface area contributed by atoms with Crippen LogP contribution in [0.2, 0.25) is 0 Å². The maximum Gasteiger partial charge on any atom is 0.175 e. The number of rotatable bonds is 3. The average Bonchev–Trinajstić information content (AvgIpc) is 2.69. The molecule has 0 aromatic carbocycles. The van der Waals surface area contributed by atoms with Gasteiger partial charge in [-0.2, -0.15) is 14.9 Å². The van der Waals surface area contributed by atoms with E-state index in [1.807, 2.05) is 6.07 Å². The number of nitriles is 1. The number of nitrogens with one attached hydrogen (secondary N) is 1. The number of halogens is 1. The first-order valence-corrected chi connectivity index (χ1v) is 4.39. The first-order chi connectivity index (χ1) is 7.36. The van der Waals surface area contributed by atoms with Crippen LogP contribution in [0.15, 0.2) is 18.5 Å². The molecule has 0 amide bonds. The van der Waals surface area contributed by atoms with Gasteiger partial charge in [-0.25, -0.2) is 9.37 Å². The quantitative estimate of drug-likeness (QED) is 0.811. The summed E-state index contributed by atoms with van der Waals surface area (Å²) in [6, 6.07) is 3.66. The van der Waals surface area contributed by atoms with Gasteiger partial charge in [-0.3, -0.25) is 0 Å². The molecule has 0 atom stereocenters. The fourth-order valence-corrected chi connectivity index (χ4v) is 1.28. The van der Waals surface area contributed by atoms with E-state index in [0.29, 0.717) is 17.0 Å². The zero-order valence-corrected chi connectivity index (χ0v) is 7.81. The minimum atomic E-state index is -0.462. The van der Waals surface area contributed by atoms with Crippen molar-refractivity contribution in [3.8, 4) is 6.07 Å². The second kappa shape index (κ2) is 3.92. The zero-order valence-electron chi connectivity index (χ0n) is 7.81. The molecule has 0 saturated heterocycles. The summed E-state index contributed by atoms with van der Waals surface area (Å²) in [7, 11) is 0. The maximum atomic E-state index is 12.0. The van der Waals surface area contributed by atoms with E-state index in [1.54, 1.807) is 12.3 Å². The second-order valence-electron chi connectivity index (χ2n) is 2.85. The normalized spacial score (nSPS) is 10.1. The van der Waals surface area contributed by atoms with Gasteiger partial charge < -0.3 is 5.32 Å². The molecule has 2 rings (SSSR count). The van der Waals surface area contributed by atoms with Crippen molar-refractivity contribution >= 4 is 11.5 Å². The van der Waals surface area contributed by atoms with E-state index >= 15 is 0 Å². The molecule has 0 unspecified atom stereocenters. The van der Waals surface area contributed by atoms with Gasteiger partial charge in [0.2, 0.25) is 0 Å². The van der Waals surface area contributed by atoms with Crippen LogP contribution in [0.25, 0.3) is 5.65 Å². The lowest BCUT2D eigenvalue weighted by Gasteiger charge is -2.04. The Hall–Kier alpha value is -2.16. The molecule has 0 bridgehead atoms. The SMILES string of the molecule is N#Cc1cnn2c(NCCF)ccnc12. The highest BCUT2D eigenvalue weighted by Crippen LogP contribution is 2.12. The largest absolute Gasteiger partial charge is 0.367 e. The van der Waals surface area contributed by atoms with E-state index in [-0.39, 0.29) is 6.54 Å². The van der Waals surface area contributed by atoms with Crippen LogP contribution in [0.5, 0.6) is 0 Å². The molecular weight excluding hydrogens is 197 g/mol. The highest BCUT2D eigenvalue weighted by Gasteiger charge is 2.06. The molecule has 0 aliphatic carbocycles. The molecule has 76 valence electrons. The van der Waals surface area contributed by atoms with Crippen molar-refractivity contribution in [2.24, 2.45) is 0 Å². The summed E-state index contributed by atoms with van der Waals surface area (Å²) in [5.41, 5.74) is 0.875. The number of alkyl halides is 1. The first-order valence-electron chi connectivity index (χ1n) is 4.39. The highest BCUT2D eigenvalue weighted by atomic mass is 19.1. The number of fused-ring (bicyclic) bond motifs is 1. The Morgan fingerprint density at radius 1 is 1.60 bits per heavy atom. The molecule has 2 aromatic rings. The van der Waals surface area contributed by atoms with Gasteiger partial charge in [-0.05, 0) is 6.07 Å². The van der Waals surface area contributed by atoms with Crippen molar-refractivity contribution in [2.45, 2.75) is 0 Å². The minimum Gasteiger partial charge on any atom is -0.367 e. The van der Waals surface area contributed by atoms with Crippen molar-refractivity contribution in [1.29, 1.82) is 5.26 Å². The van der Waals surface area contributed by atoms with Crippen LogP contribution < -0.4 is 5.32 Å². The molecule has 0 aliphatic rings. The van der Waals surface area contributed by atoms with E-state index < -0.39 is 6.67 Å². The Morgan fingerprint density at radius 3 is 3.20 bits per heavy atom. The number of anilines is 1. The fourth-order valence-electron chi connectivity index (χ4n) is 1.28. The Kier molecular flexibility index (Phi) is 2.46. The predicted molar refractivity (Wildman–Crippen MR) is 52.2 cm³/mol. The second-order valence-corrected chi connectivity index (χ2v) is 2.85. The van der Waals surface area contributed by atoms with Crippen LogP contribution in [-0.4, -0.2) is 27.8 Å². The molecule has 0 spiro atoms. The van der Waals surface area contributed by atoms with Crippen LogP contribution >= 0.6 is 0 Å². The lowest BCUT2D eigenvalue weighted by atomic mass is 10.4. The van der Waals surface area contributed by atoms with Crippen molar-refractivity contribution in [3.05, 3.63) is 24.0 Å². The summed E-state index contributed by atoms with van der Waals surface area (Å²) in [6.45, 7) is -0.253. The van der Waals surface area contributed by atoms with E-state index in [0.717, 1.165) is 0 Å². The molecular formula is C9H8FN5. The lowest BCUT2D eigenvalue weighted by molar-refractivity contribution is 0.512. The summed E-state index contributed by atoms with van der Waals surface area (Å²) in [6.07, 6.45) is 2.99. The Morgan fingerprint density at radius 2 is 2.47 bits per heavy atom. The Labute approximate surface area is 85.2 Å². The van der Waals surface area contributed by atoms with E-state index in [9.17, 15) is 4.39 Å². The average molecular weight is 205 g/mol. The first kappa shape index (κ1) is 9.40. The van der Waals surface area contributed by atoms with Gasteiger partial charge >= 0.3 is 0 Å². The van der Waals surface area contributed by atoms with Gasteiger partial charge in [0.1, 0.15) is 24.1 Å². The molecule has 0 aliphatic heterocycles. The van der Waals surface area contributed by atoms with Crippen molar-refractivity contribution < 1.29 is 4.39 Å². The van der Waals surface area contributed by atoms with Crippen LogP contribution in [-0.2, 0) is 0 Å². The molecule has 15 heavy (non-hydrogen) atoms. The molecule has 2 heterocycles. The standard InChI is InChI=1S/C9H8FN5/c10-2-4-12-8-1-3-13-9-7(5-11)6-14-15(8)9/h1,3,6,12H,2,4H2. The van der Waals surface area contributed by atoms with Gasteiger partial charge in [0.25, 0.3) is 0 Å². The van der Waals surface area contributed by atoms with Crippen LogP contribution in [0.4, 0.5) is 10.2 Å². The van der Waals surface area contributed by atoms with Crippen LogP contribution in [0.3, 0.4) is 0 Å². The third kappa shape index (κ3) is 1.59. The zero-order chi connectivity index (χ0) is 10.7. The number of aromatic nitrogens is 3. The van der Waals surface area contributed by atoms with Gasteiger partial charge in [-0.15, -0.1) is 0 Å². The van der Waals surface area contributed by atoms with Crippen molar-refractivity contribution in [3.63, 3.8) is 0 Å². The number of hydrogen-bond donors (Lipinski definition) is 1. The van der Waals surface area contributed by atoms with E-state index in [4.69, 9.17) is 5.26 Å². The van der Waals surface area contributed by atoms with Gasteiger partial charge in [0.05, 0.1) is 6.20 Å². The Bertz CT molecular complexity index is 513. The van der Waals surface area contributed by atoms with Gasteiger partial charge in [0, 0.05) is 12.7 Å². The fraction of sp³-hybridized carbons (Fsp3) is 0.222. The summed E-state index contributed by atoms with van der Waals surface area (Å²) >= 11 is 0.